The van der Waals surface area contributed by atoms with Crippen molar-refractivity contribution in [2.75, 3.05) is 38.1 Å². The molecule has 1 saturated heterocycles. The van der Waals surface area contributed by atoms with Gasteiger partial charge in [-0.25, -0.2) is 4.98 Å². The molecule has 0 atom stereocenters. The van der Waals surface area contributed by atoms with Crippen LogP contribution in [-0.2, 0) is 0 Å². The number of likely N-dealkylation sites (N-methyl/N-ethyl adjacent to an activating group) is 1. The Balaban J connectivity index is 1.75. The van der Waals surface area contributed by atoms with Gasteiger partial charge in [0.1, 0.15) is 5.82 Å². The molecular weight excluding hydrogens is 362 g/mol. The summed E-state index contributed by atoms with van der Waals surface area (Å²) in [6.07, 6.45) is 1.90. The molecule has 1 aromatic carbocycles. The number of carbonyl (C=O) groups is 1. The zero-order valence-electron chi connectivity index (χ0n) is 17.6. The molecule has 0 bridgehead atoms. The Labute approximate surface area is 171 Å². The van der Waals surface area contributed by atoms with Crippen LogP contribution in [0.3, 0.4) is 0 Å². The van der Waals surface area contributed by atoms with Crippen LogP contribution >= 0.6 is 0 Å². The Morgan fingerprint density at radius 3 is 2.38 bits per heavy atom. The lowest BCUT2D eigenvalue weighted by Gasteiger charge is -2.33. The molecule has 3 heterocycles. The molecule has 6 nitrogen and oxygen atoms in total. The predicted octanol–water partition coefficient (Wildman–Crippen LogP) is 3.44. The van der Waals surface area contributed by atoms with Gasteiger partial charge < -0.3 is 20.1 Å². The van der Waals surface area contributed by atoms with E-state index in [0.717, 1.165) is 59.7 Å². The topological polar surface area (TPSA) is 67.4 Å². The fourth-order valence-electron chi connectivity index (χ4n) is 4.29. The van der Waals surface area contributed by atoms with Gasteiger partial charge in [-0.2, -0.15) is 0 Å². The molecule has 1 aliphatic heterocycles. The van der Waals surface area contributed by atoms with Crippen molar-refractivity contribution in [1.82, 2.24) is 14.5 Å². The summed E-state index contributed by atoms with van der Waals surface area (Å²) in [6.45, 7) is 10.4. The van der Waals surface area contributed by atoms with E-state index in [-0.39, 0.29) is 0 Å². The number of fused-ring (bicyclic) bond motifs is 1. The fraction of sp³-hybridized carbons (Fsp3) is 0.391. The summed E-state index contributed by atoms with van der Waals surface area (Å²) < 4.78 is 2.25. The molecule has 1 aliphatic rings. The summed E-state index contributed by atoms with van der Waals surface area (Å²) in [4.78, 5) is 21.5. The molecule has 6 heteroatoms. The van der Waals surface area contributed by atoms with Crippen molar-refractivity contribution in [3.63, 3.8) is 0 Å². The van der Waals surface area contributed by atoms with Gasteiger partial charge in [0.05, 0.1) is 0 Å². The highest BCUT2D eigenvalue weighted by atomic mass is 16.1. The first kappa shape index (κ1) is 19.5. The smallest absolute Gasteiger partial charge is 0.249 e. The van der Waals surface area contributed by atoms with Gasteiger partial charge in [-0.3, -0.25) is 4.79 Å². The van der Waals surface area contributed by atoms with Gasteiger partial charge in [-0.05, 0) is 63.7 Å². The zero-order chi connectivity index (χ0) is 20.7. The number of amides is 1. The van der Waals surface area contributed by atoms with E-state index in [4.69, 9.17) is 10.7 Å². The van der Waals surface area contributed by atoms with Gasteiger partial charge >= 0.3 is 0 Å². The Morgan fingerprint density at radius 1 is 1.07 bits per heavy atom. The highest BCUT2D eigenvalue weighted by Crippen LogP contribution is 2.32. The van der Waals surface area contributed by atoms with Crippen LogP contribution in [-0.4, -0.2) is 53.6 Å². The number of anilines is 1. The van der Waals surface area contributed by atoms with Crippen LogP contribution in [0.1, 0.15) is 35.9 Å². The predicted molar refractivity (Wildman–Crippen MR) is 119 cm³/mol. The van der Waals surface area contributed by atoms with Crippen LogP contribution in [0.2, 0.25) is 0 Å². The quantitative estimate of drug-likeness (QED) is 0.740. The highest BCUT2D eigenvalue weighted by Gasteiger charge is 2.18. The molecule has 1 fully saturated rings. The van der Waals surface area contributed by atoms with E-state index in [2.05, 4.69) is 60.4 Å². The van der Waals surface area contributed by atoms with Crippen molar-refractivity contribution < 1.29 is 4.79 Å². The second-order valence-electron chi connectivity index (χ2n) is 8.27. The third-order valence-electron chi connectivity index (χ3n) is 5.84. The number of aryl methyl sites for hydroxylation is 1. The van der Waals surface area contributed by atoms with Crippen LogP contribution in [0.5, 0.6) is 0 Å². The molecule has 152 valence electrons. The number of piperazine rings is 1. The summed E-state index contributed by atoms with van der Waals surface area (Å²) in [5.74, 6) is 0.597. The van der Waals surface area contributed by atoms with E-state index in [1.54, 1.807) is 0 Å². The number of primary amides is 1. The van der Waals surface area contributed by atoms with E-state index >= 15 is 0 Å². The normalized spacial score (nSPS) is 15.4. The number of benzene rings is 1. The SMILES string of the molecule is Cc1cc2c(C(N)=O)cc(-c3ccc(N4CCN(C)CC4)nc3)cc2n1C(C)C. The first-order valence-corrected chi connectivity index (χ1v) is 10.2. The number of aromatic nitrogens is 2. The van der Waals surface area contributed by atoms with E-state index in [0.29, 0.717) is 11.6 Å². The molecule has 4 rings (SSSR count). The second kappa shape index (κ2) is 7.52. The average molecular weight is 392 g/mol. The van der Waals surface area contributed by atoms with E-state index in [1.165, 1.54) is 0 Å². The van der Waals surface area contributed by atoms with Gasteiger partial charge in [-0.15, -0.1) is 0 Å². The standard InChI is InChI=1S/C23H29N5O/c1-15(2)28-16(3)11-19-20(23(24)29)12-18(13-21(19)28)17-5-6-22(25-14-17)27-9-7-26(4)8-10-27/h5-6,11-15H,7-10H2,1-4H3,(H2,24,29). The first-order valence-electron chi connectivity index (χ1n) is 10.2. The third kappa shape index (κ3) is 3.60. The molecule has 0 spiro atoms. The van der Waals surface area contributed by atoms with Crippen molar-refractivity contribution in [2.24, 2.45) is 5.73 Å². The zero-order valence-corrected chi connectivity index (χ0v) is 17.6. The van der Waals surface area contributed by atoms with E-state index in [9.17, 15) is 4.79 Å². The lowest BCUT2D eigenvalue weighted by atomic mass is 10.0. The van der Waals surface area contributed by atoms with Crippen molar-refractivity contribution in [3.05, 3.63) is 47.8 Å². The van der Waals surface area contributed by atoms with Crippen molar-refractivity contribution >= 4 is 22.6 Å². The Hall–Kier alpha value is -2.86. The summed E-state index contributed by atoms with van der Waals surface area (Å²) in [5.41, 5.74) is 10.4. The minimum Gasteiger partial charge on any atom is -0.366 e. The largest absolute Gasteiger partial charge is 0.366 e. The van der Waals surface area contributed by atoms with Gasteiger partial charge in [0.2, 0.25) is 5.91 Å². The minimum absolute atomic E-state index is 0.293. The monoisotopic (exact) mass is 391 g/mol. The van der Waals surface area contributed by atoms with E-state index < -0.39 is 5.91 Å². The maximum absolute atomic E-state index is 12.2. The molecule has 29 heavy (non-hydrogen) atoms. The molecule has 0 unspecified atom stereocenters. The van der Waals surface area contributed by atoms with Crippen molar-refractivity contribution in [2.45, 2.75) is 26.8 Å². The number of nitrogens with two attached hydrogens (primary N) is 1. The van der Waals surface area contributed by atoms with Gasteiger partial charge in [0, 0.05) is 66.1 Å². The molecule has 2 N–H and O–H groups in total. The molecule has 0 saturated carbocycles. The van der Waals surface area contributed by atoms with E-state index in [1.807, 2.05) is 18.3 Å². The highest BCUT2D eigenvalue weighted by molar-refractivity contribution is 6.08. The Kier molecular flexibility index (Phi) is 5.04. The molecular formula is C23H29N5O. The van der Waals surface area contributed by atoms with Crippen LogP contribution in [0, 0.1) is 6.92 Å². The summed E-state index contributed by atoms with van der Waals surface area (Å²) in [5, 5.41) is 0.912. The number of nitrogens with zero attached hydrogens (tertiary/aromatic N) is 4. The molecule has 0 radical (unpaired) electrons. The van der Waals surface area contributed by atoms with Crippen LogP contribution in [0.4, 0.5) is 5.82 Å². The van der Waals surface area contributed by atoms with Crippen LogP contribution in [0.25, 0.3) is 22.0 Å². The van der Waals surface area contributed by atoms with Gasteiger partial charge in [0.15, 0.2) is 0 Å². The molecule has 3 aromatic rings. The Bertz CT molecular complexity index is 1040. The number of hydrogen-bond acceptors (Lipinski definition) is 4. The maximum atomic E-state index is 12.2. The van der Waals surface area contributed by atoms with Gasteiger partial charge in [0.25, 0.3) is 0 Å². The van der Waals surface area contributed by atoms with Gasteiger partial charge in [-0.1, -0.05) is 0 Å². The summed E-state index contributed by atoms with van der Waals surface area (Å²) in [6, 6.07) is 10.5. The van der Waals surface area contributed by atoms with Crippen molar-refractivity contribution in [3.8, 4) is 11.1 Å². The number of carbonyl (C=O) groups excluding carboxylic acids is 1. The lowest BCUT2D eigenvalue weighted by Crippen LogP contribution is -2.44. The number of hydrogen-bond donors (Lipinski definition) is 1. The fourth-order valence-corrected chi connectivity index (χ4v) is 4.29. The van der Waals surface area contributed by atoms with Crippen LogP contribution < -0.4 is 10.6 Å². The number of rotatable bonds is 4. The lowest BCUT2D eigenvalue weighted by molar-refractivity contribution is 0.100. The maximum Gasteiger partial charge on any atom is 0.249 e. The Morgan fingerprint density at radius 2 is 1.79 bits per heavy atom. The average Bonchev–Trinajstić information content (AvgIpc) is 3.03. The van der Waals surface area contributed by atoms with Crippen LogP contribution in [0.15, 0.2) is 36.5 Å². The first-order chi connectivity index (χ1) is 13.8. The molecule has 2 aromatic heterocycles. The second-order valence-corrected chi connectivity index (χ2v) is 8.27. The minimum atomic E-state index is -0.403. The third-order valence-corrected chi connectivity index (χ3v) is 5.84. The molecule has 0 aliphatic carbocycles. The number of pyridine rings is 1. The van der Waals surface area contributed by atoms with Crippen molar-refractivity contribution in [1.29, 1.82) is 0 Å². The summed E-state index contributed by atoms with van der Waals surface area (Å²) >= 11 is 0. The summed E-state index contributed by atoms with van der Waals surface area (Å²) in [7, 11) is 2.15. The molecule has 1 amide bonds.